The molecule has 0 spiro atoms. The molecule has 16 heavy (non-hydrogen) atoms. The Bertz CT molecular complexity index is 571. The fourth-order valence-corrected chi connectivity index (χ4v) is 2.18. The number of aliphatic hydroxyl groups is 1. The third-order valence-corrected chi connectivity index (χ3v) is 3.15. The Morgan fingerprint density at radius 3 is 2.88 bits per heavy atom. The van der Waals surface area contributed by atoms with Crippen LogP contribution in [0.5, 0.6) is 0 Å². The Kier molecular flexibility index (Phi) is 3.16. The van der Waals surface area contributed by atoms with Gasteiger partial charge in [0.25, 0.3) is 5.56 Å². The Morgan fingerprint density at radius 2 is 2.19 bits per heavy atom. The maximum atomic E-state index is 11.9. The van der Waals surface area contributed by atoms with E-state index in [-0.39, 0.29) is 12.2 Å². The Hall–Kier alpha value is -1.07. The lowest BCUT2D eigenvalue weighted by Crippen LogP contribution is -2.19. The summed E-state index contributed by atoms with van der Waals surface area (Å²) < 4.78 is 4.43. The number of hydrogen-bond donors (Lipinski definition) is 1. The molecule has 0 saturated carbocycles. The van der Waals surface area contributed by atoms with E-state index in [2.05, 4.69) is 15.9 Å². The van der Waals surface area contributed by atoms with Crippen LogP contribution < -0.4 is 5.56 Å². The van der Waals surface area contributed by atoms with E-state index in [4.69, 9.17) is 5.11 Å². The predicted octanol–water partition coefficient (Wildman–Crippen LogP) is 1.48. The summed E-state index contributed by atoms with van der Waals surface area (Å²) in [6.45, 7) is 0.768. The molecule has 1 aromatic carbocycles. The minimum Gasteiger partial charge on any atom is -0.396 e. The third kappa shape index (κ3) is 1.81. The van der Waals surface area contributed by atoms with Gasteiger partial charge in [0, 0.05) is 24.7 Å². The molecular weight excluding hydrogens is 272 g/mol. The molecule has 0 amide bonds. The summed E-state index contributed by atoms with van der Waals surface area (Å²) in [5, 5.41) is 9.55. The Balaban J connectivity index is 2.66. The van der Waals surface area contributed by atoms with Gasteiger partial charge >= 0.3 is 0 Å². The zero-order valence-electron chi connectivity index (χ0n) is 8.98. The molecule has 0 unspecified atom stereocenters. The van der Waals surface area contributed by atoms with Crippen molar-refractivity contribution < 1.29 is 5.11 Å². The highest BCUT2D eigenvalue weighted by molar-refractivity contribution is 9.10. The normalized spacial score (nSPS) is 11.2. The fraction of sp³-hybridized carbons (Fsp3) is 0.364. The van der Waals surface area contributed by atoms with E-state index < -0.39 is 0 Å². The minimum absolute atomic E-state index is 0.000407. The topological polar surface area (TPSA) is 47.2 Å². The van der Waals surface area contributed by atoms with E-state index in [1.54, 1.807) is 11.7 Å². The summed E-state index contributed by atoms with van der Waals surface area (Å²) in [6.07, 6.45) is 0.642. The van der Waals surface area contributed by atoms with Crippen molar-refractivity contribution in [2.75, 3.05) is 6.61 Å². The van der Waals surface area contributed by atoms with Gasteiger partial charge in [-0.05, 0) is 24.6 Å². The van der Waals surface area contributed by atoms with E-state index in [1.807, 2.05) is 22.9 Å². The molecule has 1 N–H and O–H groups in total. The molecule has 0 aliphatic rings. The van der Waals surface area contributed by atoms with Crippen LogP contribution in [0.4, 0.5) is 0 Å². The molecule has 0 fully saturated rings. The molecule has 5 heteroatoms. The Labute approximate surface area is 101 Å². The molecule has 0 bridgehead atoms. The van der Waals surface area contributed by atoms with Gasteiger partial charge in [-0.15, -0.1) is 0 Å². The van der Waals surface area contributed by atoms with E-state index in [9.17, 15) is 4.79 Å². The highest BCUT2D eigenvalue weighted by atomic mass is 79.9. The maximum Gasteiger partial charge on any atom is 0.274 e. The first-order valence-corrected chi connectivity index (χ1v) is 5.90. The van der Waals surface area contributed by atoms with Crippen LogP contribution in [0.2, 0.25) is 0 Å². The minimum atomic E-state index is 0.000407. The molecular formula is C11H13BrN2O2. The molecule has 0 aliphatic heterocycles. The number of aryl methyl sites for hydroxylation is 1. The van der Waals surface area contributed by atoms with Gasteiger partial charge in [-0.2, -0.15) is 0 Å². The summed E-state index contributed by atoms with van der Waals surface area (Å²) in [5.41, 5.74) is 0.899. The second kappa shape index (κ2) is 4.43. The van der Waals surface area contributed by atoms with Crippen molar-refractivity contribution in [2.45, 2.75) is 13.0 Å². The van der Waals surface area contributed by atoms with Crippen LogP contribution in [-0.4, -0.2) is 21.1 Å². The molecule has 2 rings (SSSR count). The number of aromatic nitrogens is 2. The van der Waals surface area contributed by atoms with Crippen LogP contribution in [0.3, 0.4) is 0 Å². The van der Waals surface area contributed by atoms with Crippen molar-refractivity contribution in [1.82, 2.24) is 9.36 Å². The van der Waals surface area contributed by atoms with Gasteiger partial charge < -0.3 is 5.11 Å². The van der Waals surface area contributed by atoms with Crippen LogP contribution in [-0.2, 0) is 13.6 Å². The van der Waals surface area contributed by atoms with E-state index in [0.717, 1.165) is 9.99 Å². The van der Waals surface area contributed by atoms with Crippen molar-refractivity contribution in [3.05, 3.63) is 33.0 Å². The van der Waals surface area contributed by atoms with Crippen molar-refractivity contribution in [1.29, 1.82) is 0 Å². The van der Waals surface area contributed by atoms with E-state index in [0.29, 0.717) is 18.4 Å². The number of benzene rings is 1. The van der Waals surface area contributed by atoms with Crippen LogP contribution in [0.25, 0.3) is 10.9 Å². The number of aliphatic hydroxyl groups excluding tert-OH is 1. The first-order chi connectivity index (χ1) is 7.65. The first-order valence-electron chi connectivity index (χ1n) is 5.11. The number of rotatable bonds is 3. The summed E-state index contributed by atoms with van der Waals surface area (Å²) in [6, 6.07) is 5.60. The molecule has 86 valence electrons. The van der Waals surface area contributed by atoms with Gasteiger partial charge in [-0.3, -0.25) is 14.2 Å². The highest BCUT2D eigenvalue weighted by Gasteiger charge is 2.09. The highest BCUT2D eigenvalue weighted by Crippen LogP contribution is 2.18. The molecule has 2 aromatic rings. The number of hydrogen-bond acceptors (Lipinski definition) is 2. The number of halogens is 1. The second-order valence-corrected chi connectivity index (χ2v) is 4.61. The quantitative estimate of drug-likeness (QED) is 0.928. The lowest BCUT2D eigenvalue weighted by atomic mass is 10.2. The lowest BCUT2D eigenvalue weighted by Gasteiger charge is -2.07. The fourth-order valence-electron chi connectivity index (χ4n) is 1.84. The maximum absolute atomic E-state index is 11.9. The van der Waals surface area contributed by atoms with Gasteiger partial charge in [0.1, 0.15) is 0 Å². The summed E-state index contributed by atoms with van der Waals surface area (Å²) in [7, 11) is 1.74. The first kappa shape index (κ1) is 11.4. The smallest absolute Gasteiger partial charge is 0.274 e. The molecule has 0 atom stereocenters. The van der Waals surface area contributed by atoms with Gasteiger partial charge in [-0.25, -0.2) is 0 Å². The average Bonchev–Trinajstić information content (AvgIpc) is 2.50. The molecule has 0 aliphatic carbocycles. The van der Waals surface area contributed by atoms with Crippen molar-refractivity contribution in [2.24, 2.45) is 7.05 Å². The monoisotopic (exact) mass is 284 g/mol. The molecule has 0 saturated heterocycles. The average molecular weight is 285 g/mol. The summed E-state index contributed by atoms with van der Waals surface area (Å²) in [5.74, 6) is 0. The largest absolute Gasteiger partial charge is 0.396 e. The van der Waals surface area contributed by atoms with Gasteiger partial charge in [-0.1, -0.05) is 15.9 Å². The van der Waals surface area contributed by atoms with Gasteiger partial charge in [0.05, 0.1) is 10.9 Å². The van der Waals surface area contributed by atoms with E-state index >= 15 is 0 Å². The van der Waals surface area contributed by atoms with Crippen molar-refractivity contribution >= 4 is 26.8 Å². The zero-order valence-corrected chi connectivity index (χ0v) is 10.6. The lowest BCUT2D eigenvalue weighted by molar-refractivity contribution is 0.274. The van der Waals surface area contributed by atoms with Gasteiger partial charge in [0.2, 0.25) is 0 Å². The van der Waals surface area contributed by atoms with Crippen molar-refractivity contribution in [3.63, 3.8) is 0 Å². The van der Waals surface area contributed by atoms with Crippen molar-refractivity contribution in [3.8, 4) is 0 Å². The van der Waals surface area contributed by atoms with Crippen LogP contribution in [0, 0.1) is 0 Å². The summed E-state index contributed by atoms with van der Waals surface area (Å²) in [4.78, 5) is 11.9. The predicted molar refractivity (Wildman–Crippen MR) is 66.6 cm³/mol. The Morgan fingerprint density at radius 1 is 1.44 bits per heavy atom. The summed E-state index contributed by atoms with van der Waals surface area (Å²) >= 11 is 3.39. The number of nitrogens with zero attached hydrogens (tertiary/aromatic N) is 2. The zero-order chi connectivity index (χ0) is 11.7. The molecule has 0 radical (unpaired) electrons. The molecule has 1 aromatic heterocycles. The third-order valence-electron chi connectivity index (χ3n) is 2.65. The molecule has 1 heterocycles. The number of fused-ring (bicyclic) bond motifs is 1. The standard InChI is InChI=1S/C11H13BrN2O2/c1-13-11(16)9-4-3-8(12)7-10(9)14(13)5-2-6-15/h3-4,7,15H,2,5-6H2,1H3. The van der Waals surface area contributed by atoms with Gasteiger partial charge in [0.15, 0.2) is 0 Å². The molecule has 4 nitrogen and oxygen atoms in total. The van der Waals surface area contributed by atoms with Crippen LogP contribution in [0.1, 0.15) is 6.42 Å². The SMILES string of the molecule is Cn1c(=O)c2ccc(Br)cc2n1CCCO. The van der Waals surface area contributed by atoms with Crippen LogP contribution >= 0.6 is 15.9 Å². The van der Waals surface area contributed by atoms with E-state index in [1.165, 1.54) is 0 Å². The van der Waals surface area contributed by atoms with Crippen LogP contribution in [0.15, 0.2) is 27.5 Å². The second-order valence-electron chi connectivity index (χ2n) is 3.69.